The molecule has 0 aliphatic heterocycles. The fourth-order valence-corrected chi connectivity index (χ4v) is 3.01. The first-order valence-electron chi connectivity index (χ1n) is 7.01. The minimum absolute atomic E-state index is 0.229. The standard InChI is InChI=1S/C14H22N2O5S/c1-6-15(7-2)22(19,20)21-13-9-8-11(14(3,4)5)10-12(13)16(17)18/h8-10H,6-7H2,1-5H3. The molecule has 0 radical (unpaired) electrons. The van der Waals surface area contributed by atoms with Crippen molar-refractivity contribution in [2.45, 2.75) is 40.0 Å². The Hall–Kier alpha value is -1.67. The van der Waals surface area contributed by atoms with Gasteiger partial charge in [0.25, 0.3) is 0 Å². The quantitative estimate of drug-likeness (QED) is 0.591. The zero-order valence-electron chi connectivity index (χ0n) is 13.5. The number of rotatable bonds is 6. The maximum absolute atomic E-state index is 12.1. The lowest BCUT2D eigenvalue weighted by molar-refractivity contribution is -0.385. The molecule has 0 bridgehead atoms. The Bertz CT molecular complexity index is 646. The van der Waals surface area contributed by atoms with Crippen molar-refractivity contribution in [2.75, 3.05) is 13.1 Å². The molecule has 7 nitrogen and oxygen atoms in total. The van der Waals surface area contributed by atoms with Crippen LogP contribution in [0.3, 0.4) is 0 Å². The van der Waals surface area contributed by atoms with Gasteiger partial charge in [0.15, 0.2) is 0 Å². The van der Waals surface area contributed by atoms with Crippen molar-refractivity contribution in [1.29, 1.82) is 0 Å². The molecule has 1 rings (SSSR count). The van der Waals surface area contributed by atoms with Gasteiger partial charge in [-0.1, -0.05) is 40.7 Å². The largest absolute Gasteiger partial charge is 0.385 e. The molecule has 0 N–H and O–H groups in total. The van der Waals surface area contributed by atoms with Crippen molar-refractivity contribution >= 4 is 16.0 Å². The molecule has 0 aliphatic rings. The summed E-state index contributed by atoms with van der Waals surface area (Å²) in [4.78, 5) is 10.6. The van der Waals surface area contributed by atoms with Crippen LogP contribution in [0, 0.1) is 10.1 Å². The Morgan fingerprint density at radius 2 is 1.77 bits per heavy atom. The highest BCUT2D eigenvalue weighted by Crippen LogP contribution is 2.34. The minimum atomic E-state index is -4.05. The first-order chi connectivity index (χ1) is 10.0. The third-order valence-electron chi connectivity index (χ3n) is 3.24. The number of nitrogens with zero attached hydrogens (tertiary/aromatic N) is 2. The highest BCUT2D eigenvalue weighted by Gasteiger charge is 2.27. The summed E-state index contributed by atoms with van der Waals surface area (Å²) in [7, 11) is -4.05. The van der Waals surface area contributed by atoms with E-state index in [9.17, 15) is 18.5 Å². The third kappa shape index (κ3) is 4.17. The fraction of sp³-hybridized carbons (Fsp3) is 0.571. The van der Waals surface area contributed by atoms with Gasteiger partial charge in [0.1, 0.15) is 0 Å². The van der Waals surface area contributed by atoms with E-state index < -0.39 is 15.2 Å². The molecule has 1 aromatic rings. The summed E-state index contributed by atoms with van der Waals surface area (Å²) < 4.78 is 30.3. The SMILES string of the molecule is CCN(CC)S(=O)(=O)Oc1ccc(C(C)(C)C)cc1[N+](=O)[O-]. The highest BCUT2D eigenvalue weighted by molar-refractivity contribution is 7.84. The van der Waals surface area contributed by atoms with E-state index in [2.05, 4.69) is 0 Å². The predicted octanol–water partition coefficient (Wildman–Crippen LogP) is 2.86. The van der Waals surface area contributed by atoms with Crippen LogP contribution in [0.2, 0.25) is 0 Å². The molecule has 0 fully saturated rings. The maximum Gasteiger partial charge on any atom is 0.385 e. The second-order valence-electron chi connectivity index (χ2n) is 5.81. The zero-order valence-corrected chi connectivity index (χ0v) is 14.3. The van der Waals surface area contributed by atoms with Gasteiger partial charge in [-0.25, -0.2) is 0 Å². The van der Waals surface area contributed by atoms with Crippen LogP contribution >= 0.6 is 0 Å². The lowest BCUT2D eigenvalue weighted by Gasteiger charge is -2.20. The van der Waals surface area contributed by atoms with Gasteiger partial charge in [0, 0.05) is 19.2 Å². The van der Waals surface area contributed by atoms with Crippen molar-refractivity contribution in [2.24, 2.45) is 0 Å². The Balaban J connectivity index is 3.29. The van der Waals surface area contributed by atoms with Crippen molar-refractivity contribution in [3.05, 3.63) is 33.9 Å². The van der Waals surface area contributed by atoms with Crippen LogP contribution in [0.1, 0.15) is 40.2 Å². The number of nitro benzene ring substituents is 1. The van der Waals surface area contributed by atoms with E-state index in [1.165, 1.54) is 12.1 Å². The second kappa shape index (κ2) is 6.62. The molecule has 0 amide bonds. The first-order valence-corrected chi connectivity index (χ1v) is 8.38. The molecule has 0 saturated heterocycles. The summed E-state index contributed by atoms with van der Waals surface area (Å²) in [6.07, 6.45) is 0. The number of hydrogen-bond donors (Lipinski definition) is 0. The van der Waals surface area contributed by atoms with Gasteiger partial charge in [0.2, 0.25) is 5.75 Å². The van der Waals surface area contributed by atoms with Crippen molar-refractivity contribution in [3.63, 3.8) is 0 Å². The number of nitro groups is 1. The smallest absolute Gasteiger partial charge is 0.363 e. The van der Waals surface area contributed by atoms with E-state index in [0.717, 1.165) is 9.87 Å². The Labute approximate surface area is 131 Å². The third-order valence-corrected chi connectivity index (χ3v) is 4.78. The van der Waals surface area contributed by atoms with Crippen LogP contribution in [0.25, 0.3) is 0 Å². The van der Waals surface area contributed by atoms with Gasteiger partial charge in [-0.15, -0.1) is 0 Å². The van der Waals surface area contributed by atoms with Crippen molar-refractivity contribution in [3.8, 4) is 5.75 Å². The van der Waals surface area contributed by atoms with Gasteiger partial charge in [0.05, 0.1) is 4.92 Å². The molecule has 0 saturated carbocycles. The van der Waals surface area contributed by atoms with Gasteiger partial charge < -0.3 is 4.18 Å². The summed E-state index contributed by atoms with van der Waals surface area (Å²) in [5.41, 5.74) is 0.0797. The maximum atomic E-state index is 12.1. The number of benzene rings is 1. The van der Waals surface area contributed by atoms with Crippen LogP contribution in [0.4, 0.5) is 5.69 Å². The average Bonchev–Trinajstić information content (AvgIpc) is 2.38. The summed E-state index contributed by atoms with van der Waals surface area (Å²) >= 11 is 0. The summed E-state index contributed by atoms with van der Waals surface area (Å²) in [6.45, 7) is 9.54. The molecule has 22 heavy (non-hydrogen) atoms. The van der Waals surface area contributed by atoms with Crippen LogP contribution in [0.5, 0.6) is 5.75 Å². The molecule has 0 heterocycles. The normalized spacial score (nSPS) is 12.5. The van der Waals surface area contributed by atoms with Gasteiger partial charge in [-0.2, -0.15) is 12.7 Å². The number of hydrogen-bond acceptors (Lipinski definition) is 5. The van der Waals surface area contributed by atoms with Gasteiger partial charge in [-0.05, 0) is 17.0 Å². The van der Waals surface area contributed by atoms with Crippen LogP contribution in [-0.2, 0) is 15.7 Å². The molecule has 124 valence electrons. The highest BCUT2D eigenvalue weighted by atomic mass is 32.2. The molecule has 0 spiro atoms. The summed E-state index contributed by atoms with van der Waals surface area (Å²) in [5.74, 6) is -0.273. The van der Waals surface area contributed by atoms with E-state index in [-0.39, 0.29) is 29.9 Å². The first kappa shape index (κ1) is 18.4. The molecule has 0 aliphatic carbocycles. The zero-order chi connectivity index (χ0) is 17.1. The summed E-state index contributed by atoms with van der Waals surface area (Å²) in [5, 5.41) is 11.2. The molecule has 1 aromatic carbocycles. The van der Waals surface area contributed by atoms with E-state index in [1.807, 2.05) is 20.8 Å². The van der Waals surface area contributed by atoms with Crippen LogP contribution in [-0.4, -0.2) is 30.7 Å². The topological polar surface area (TPSA) is 89.8 Å². The molecule has 0 aromatic heterocycles. The predicted molar refractivity (Wildman–Crippen MR) is 84.3 cm³/mol. The van der Waals surface area contributed by atoms with Crippen LogP contribution in [0.15, 0.2) is 18.2 Å². The molecular formula is C14H22N2O5S. The summed E-state index contributed by atoms with van der Waals surface area (Å²) in [6, 6.07) is 4.33. The fourth-order valence-electron chi connectivity index (χ4n) is 1.90. The molecule has 0 unspecified atom stereocenters. The lowest BCUT2D eigenvalue weighted by Crippen LogP contribution is -2.34. The van der Waals surface area contributed by atoms with E-state index in [4.69, 9.17) is 4.18 Å². The Kier molecular flexibility index (Phi) is 5.53. The Morgan fingerprint density at radius 1 is 1.23 bits per heavy atom. The van der Waals surface area contributed by atoms with Gasteiger partial charge in [-0.3, -0.25) is 10.1 Å². The van der Waals surface area contributed by atoms with Crippen molar-refractivity contribution < 1.29 is 17.5 Å². The van der Waals surface area contributed by atoms with Crippen molar-refractivity contribution in [1.82, 2.24) is 4.31 Å². The van der Waals surface area contributed by atoms with Gasteiger partial charge >= 0.3 is 16.0 Å². The van der Waals surface area contributed by atoms with E-state index >= 15 is 0 Å². The lowest BCUT2D eigenvalue weighted by atomic mass is 9.87. The van der Waals surface area contributed by atoms with E-state index in [1.54, 1.807) is 19.9 Å². The average molecular weight is 330 g/mol. The molecular weight excluding hydrogens is 308 g/mol. The second-order valence-corrected chi connectivity index (χ2v) is 7.35. The molecule has 8 heteroatoms. The van der Waals surface area contributed by atoms with E-state index in [0.29, 0.717) is 0 Å². The van der Waals surface area contributed by atoms with Crippen LogP contribution < -0.4 is 4.18 Å². The Morgan fingerprint density at radius 3 is 2.18 bits per heavy atom. The molecule has 0 atom stereocenters. The minimum Gasteiger partial charge on any atom is -0.363 e. The monoisotopic (exact) mass is 330 g/mol.